The third-order valence-electron chi connectivity index (χ3n) is 4.19. The van der Waals surface area contributed by atoms with Crippen molar-refractivity contribution in [1.82, 2.24) is 10.6 Å². The third kappa shape index (κ3) is 5.55. The van der Waals surface area contributed by atoms with Crippen LogP contribution in [0, 0.1) is 0 Å². The Labute approximate surface area is 168 Å². The van der Waals surface area contributed by atoms with Crippen LogP contribution in [0.15, 0.2) is 76.2 Å². The van der Waals surface area contributed by atoms with Crippen LogP contribution in [0.3, 0.4) is 0 Å². The van der Waals surface area contributed by atoms with E-state index >= 15 is 0 Å². The molecule has 29 heavy (non-hydrogen) atoms. The van der Waals surface area contributed by atoms with E-state index in [2.05, 4.69) is 10.6 Å². The molecule has 2 aromatic carbocycles. The molecule has 0 atom stereocenters. The first kappa shape index (κ1) is 20.3. The van der Waals surface area contributed by atoms with Crippen LogP contribution in [-0.2, 0) is 22.9 Å². The number of sulfone groups is 1. The van der Waals surface area contributed by atoms with E-state index in [1.54, 1.807) is 42.7 Å². The largest absolute Gasteiger partial charge is 0.467 e. The fraction of sp³-hybridized carbons (Fsp3) is 0.143. The van der Waals surface area contributed by atoms with Crippen molar-refractivity contribution in [2.75, 3.05) is 6.26 Å². The number of carbonyl (C=O) groups is 2. The molecule has 2 N–H and O–H groups in total. The Morgan fingerprint density at radius 2 is 1.55 bits per heavy atom. The van der Waals surface area contributed by atoms with E-state index < -0.39 is 9.84 Å². The normalized spacial score (nSPS) is 11.1. The van der Waals surface area contributed by atoms with E-state index in [4.69, 9.17) is 4.42 Å². The van der Waals surface area contributed by atoms with Crippen molar-refractivity contribution in [2.45, 2.75) is 18.0 Å². The SMILES string of the molecule is CS(=O)(=O)c1ccc(C(=O)NCc2cccc(C(=O)NCc3ccco3)c2)cc1. The summed E-state index contributed by atoms with van der Waals surface area (Å²) in [5.74, 6) is 0.0762. The highest BCUT2D eigenvalue weighted by molar-refractivity contribution is 7.90. The van der Waals surface area contributed by atoms with Gasteiger partial charge in [-0.2, -0.15) is 0 Å². The van der Waals surface area contributed by atoms with Crippen molar-refractivity contribution in [1.29, 1.82) is 0 Å². The molecule has 0 saturated carbocycles. The number of hydrogen-bond acceptors (Lipinski definition) is 5. The molecule has 1 aromatic heterocycles. The number of carbonyl (C=O) groups excluding carboxylic acids is 2. The van der Waals surface area contributed by atoms with Crippen LogP contribution >= 0.6 is 0 Å². The Balaban J connectivity index is 1.58. The summed E-state index contributed by atoms with van der Waals surface area (Å²) in [4.78, 5) is 24.7. The molecule has 150 valence electrons. The van der Waals surface area contributed by atoms with Gasteiger partial charge in [0.05, 0.1) is 17.7 Å². The lowest BCUT2D eigenvalue weighted by Crippen LogP contribution is -2.24. The van der Waals surface area contributed by atoms with Gasteiger partial charge in [0.15, 0.2) is 9.84 Å². The Morgan fingerprint density at radius 3 is 2.21 bits per heavy atom. The predicted molar refractivity (Wildman–Crippen MR) is 107 cm³/mol. The van der Waals surface area contributed by atoms with Gasteiger partial charge in [0.1, 0.15) is 5.76 Å². The molecule has 2 amide bonds. The molecule has 8 heteroatoms. The lowest BCUT2D eigenvalue weighted by Gasteiger charge is -2.08. The van der Waals surface area contributed by atoms with Crippen LogP contribution < -0.4 is 10.6 Å². The first-order chi connectivity index (χ1) is 13.8. The first-order valence-electron chi connectivity index (χ1n) is 8.81. The predicted octanol–water partition coefficient (Wildman–Crippen LogP) is 2.54. The molecule has 0 saturated heterocycles. The van der Waals surface area contributed by atoms with Gasteiger partial charge in [-0.1, -0.05) is 12.1 Å². The monoisotopic (exact) mass is 412 g/mol. The van der Waals surface area contributed by atoms with E-state index in [1.165, 1.54) is 24.3 Å². The van der Waals surface area contributed by atoms with Crippen molar-refractivity contribution >= 4 is 21.7 Å². The summed E-state index contributed by atoms with van der Waals surface area (Å²) in [5.41, 5.74) is 1.59. The quantitative estimate of drug-likeness (QED) is 0.620. The molecule has 0 unspecified atom stereocenters. The Morgan fingerprint density at radius 1 is 0.862 bits per heavy atom. The number of rotatable bonds is 7. The summed E-state index contributed by atoms with van der Waals surface area (Å²) in [6, 6.07) is 16.2. The summed E-state index contributed by atoms with van der Waals surface area (Å²) in [5, 5.41) is 5.53. The summed E-state index contributed by atoms with van der Waals surface area (Å²) < 4.78 is 28.2. The lowest BCUT2D eigenvalue weighted by molar-refractivity contribution is 0.0943. The summed E-state index contributed by atoms with van der Waals surface area (Å²) >= 11 is 0. The standard InChI is InChI=1S/C21H20N2O5S/c1-29(26,27)19-9-7-16(8-10-19)20(24)22-13-15-4-2-5-17(12-15)21(25)23-14-18-6-3-11-28-18/h2-12H,13-14H2,1H3,(H,22,24)(H,23,25). The minimum Gasteiger partial charge on any atom is -0.467 e. The minimum atomic E-state index is -3.31. The highest BCUT2D eigenvalue weighted by atomic mass is 32.2. The van der Waals surface area contributed by atoms with Crippen LogP contribution in [0.1, 0.15) is 32.0 Å². The molecule has 0 spiro atoms. The van der Waals surface area contributed by atoms with E-state index in [0.717, 1.165) is 11.8 Å². The van der Waals surface area contributed by atoms with E-state index in [0.29, 0.717) is 16.9 Å². The second kappa shape index (κ2) is 8.74. The molecule has 3 rings (SSSR count). The van der Waals surface area contributed by atoms with Gasteiger partial charge in [0, 0.05) is 23.9 Å². The van der Waals surface area contributed by atoms with Gasteiger partial charge >= 0.3 is 0 Å². The zero-order valence-electron chi connectivity index (χ0n) is 15.7. The van der Waals surface area contributed by atoms with Crippen LogP contribution in [0.4, 0.5) is 0 Å². The fourth-order valence-corrected chi connectivity index (χ4v) is 3.27. The fourth-order valence-electron chi connectivity index (χ4n) is 2.64. The van der Waals surface area contributed by atoms with E-state index in [9.17, 15) is 18.0 Å². The van der Waals surface area contributed by atoms with Gasteiger partial charge in [-0.25, -0.2) is 8.42 Å². The van der Waals surface area contributed by atoms with Gasteiger partial charge in [0.2, 0.25) is 0 Å². The summed E-state index contributed by atoms with van der Waals surface area (Å²) in [6.45, 7) is 0.516. The van der Waals surface area contributed by atoms with Gasteiger partial charge in [-0.05, 0) is 54.1 Å². The molecular formula is C21H20N2O5S. The number of hydrogen-bond donors (Lipinski definition) is 2. The Hall–Kier alpha value is -3.39. The van der Waals surface area contributed by atoms with Crippen LogP contribution in [-0.4, -0.2) is 26.5 Å². The molecule has 0 fully saturated rings. The molecule has 0 aliphatic carbocycles. The number of amides is 2. The molecule has 1 heterocycles. The van der Waals surface area contributed by atoms with Crippen molar-refractivity contribution in [3.05, 3.63) is 89.4 Å². The van der Waals surface area contributed by atoms with Crippen molar-refractivity contribution < 1.29 is 22.4 Å². The molecule has 0 bridgehead atoms. The second-order valence-electron chi connectivity index (χ2n) is 6.44. The molecule has 0 aliphatic heterocycles. The zero-order valence-corrected chi connectivity index (χ0v) is 16.5. The lowest BCUT2D eigenvalue weighted by atomic mass is 10.1. The third-order valence-corrected chi connectivity index (χ3v) is 5.32. The smallest absolute Gasteiger partial charge is 0.251 e. The van der Waals surface area contributed by atoms with Crippen molar-refractivity contribution in [3.63, 3.8) is 0 Å². The Kier molecular flexibility index (Phi) is 6.13. The number of furan rings is 1. The maximum Gasteiger partial charge on any atom is 0.251 e. The van der Waals surface area contributed by atoms with E-state index in [-0.39, 0.29) is 29.8 Å². The average Bonchev–Trinajstić information content (AvgIpc) is 3.23. The van der Waals surface area contributed by atoms with Crippen LogP contribution in [0.5, 0.6) is 0 Å². The average molecular weight is 412 g/mol. The van der Waals surface area contributed by atoms with Crippen LogP contribution in [0.2, 0.25) is 0 Å². The van der Waals surface area contributed by atoms with E-state index in [1.807, 2.05) is 0 Å². The first-order valence-corrected chi connectivity index (χ1v) is 10.7. The summed E-state index contributed by atoms with van der Waals surface area (Å²) in [6.07, 6.45) is 2.65. The maximum atomic E-state index is 12.3. The minimum absolute atomic E-state index is 0.155. The van der Waals surface area contributed by atoms with Gasteiger partial charge in [-0.3, -0.25) is 9.59 Å². The highest BCUT2D eigenvalue weighted by Gasteiger charge is 2.11. The Bertz CT molecular complexity index is 1100. The molecule has 0 aliphatic rings. The second-order valence-corrected chi connectivity index (χ2v) is 8.46. The molecule has 3 aromatic rings. The van der Waals surface area contributed by atoms with Crippen LogP contribution in [0.25, 0.3) is 0 Å². The molecular weight excluding hydrogens is 392 g/mol. The molecule has 7 nitrogen and oxygen atoms in total. The summed E-state index contributed by atoms with van der Waals surface area (Å²) in [7, 11) is -3.31. The van der Waals surface area contributed by atoms with Gasteiger partial charge < -0.3 is 15.1 Å². The van der Waals surface area contributed by atoms with Crippen molar-refractivity contribution in [3.8, 4) is 0 Å². The highest BCUT2D eigenvalue weighted by Crippen LogP contribution is 2.11. The number of benzene rings is 2. The maximum absolute atomic E-state index is 12.3. The van der Waals surface area contributed by atoms with Gasteiger partial charge in [0.25, 0.3) is 11.8 Å². The molecule has 0 radical (unpaired) electrons. The zero-order chi connectivity index (χ0) is 20.9. The number of nitrogens with one attached hydrogen (secondary N) is 2. The topological polar surface area (TPSA) is 105 Å². The van der Waals surface area contributed by atoms with Crippen molar-refractivity contribution in [2.24, 2.45) is 0 Å². The van der Waals surface area contributed by atoms with Gasteiger partial charge in [-0.15, -0.1) is 0 Å².